The van der Waals surface area contributed by atoms with Crippen LogP contribution in [0.15, 0.2) is 30.6 Å². The predicted molar refractivity (Wildman–Crippen MR) is 59.6 cm³/mol. The molecule has 78 valence electrons. The van der Waals surface area contributed by atoms with Crippen molar-refractivity contribution >= 4 is 5.69 Å². The summed E-state index contributed by atoms with van der Waals surface area (Å²) in [6, 6.07) is 5.52. The summed E-state index contributed by atoms with van der Waals surface area (Å²) in [5, 5.41) is 0. The van der Waals surface area contributed by atoms with Gasteiger partial charge in [0, 0.05) is 25.1 Å². The number of nitrogens with zero attached hydrogens (tertiary/aromatic N) is 2. The summed E-state index contributed by atoms with van der Waals surface area (Å²) in [5.74, 6) is 1.62. The van der Waals surface area contributed by atoms with E-state index in [4.69, 9.17) is 10.5 Å². The fourth-order valence-electron chi connectivity index (χ4n) is 1.53. The number of anilines is 1. The summed E-state index contributed by atoms with van der Waals surface area (Å²) >= 11 is 0. The smallest absolute Gasteiger partial charge is 0.143 e. The van der Waals surface area contributed by atoms with Crippen molar-refractivity contribution in [3.63, 3.8) is 0 Å². The van der Waals surface area contributed by atoms with Gasteiger partial charge in [0.1, 0.15) is 11.6 Å². The summed E-state index contributed by atoms with van der Waals surface area (Å²) in [4.78, 5) is 4.26. The van der Waals surface area contributed by atoms with Crippen molar-refractivity contribution in [3.05, 3.63) is 30.6 Å². The molecule has 0 aliphatic rings. The Morgan fingerprint density at radius 2 is 2.20 bits per heavy atom. The second-order valence-electron chi connectivity index (χ2n) is 3.32. The highest BCUT2D eigenvalue weighted by molar-refractivity contribution is 5.69. The van der Waals surface area contributed by atoms with Crippen LogP contribution < -0.4 is 10.5 Å². The van der Waals surface area contributed by atoms with E-state index in [2.05, 4.69) is 4.98 Å². The van der Waals surface area contributed by atoms with Crippen LogP contribution in [-0.2, 0) is 7.05 Å². The lowest BCUT2D eigenvalue weighted by Gasteiger charge is -2.08. The molecule has 1 aromatic heterocycles. The minimum Gasteiger partial charge on any atom is -0.496 e. The Morgan fingerprint density at radius 1 is 1.40 bits per heavy atom. The number of aryl methyl sites for hydroxylation is 1. The maximum absolute atomic E-state index is 5.75. The molecule has 0 saturated heterocycles. The third kappa shape index (κ3) is 1.66. The summed E-state index contributed by atoms with van der Waals surface area (Å²) in [6.45, 7) is 0. The van der Waals surface area contributed by atoms with Crippen LogP contribution in [0.5, 0.6) is 5.75 Å². The number of ether oxygens (including phenoxy) is 1. The van der Waals surface area contributed by atoms with Gasteiger partial charge in [-0.15, -0.1) is 0 Å². The van der Waals surface area contributed by atoms with Gasteiger partial charge in [0.25, 0.3) is 0 Å². The van der Waals surface area contributed by atoms with Crippen LogP contribution >= 0.6 is 0 Å². The van der Waals surface area contributed by atoms with Gasteiger partial charge in [0.2, 0.25) is 0 Å². The molecule has 2 N–H and O–H groups in total. The molecule has 0 fully saturated rings. The molecule has 0 amide bonds. The van der Waals surface area contributed by atoms with Gasteiger partial charge < -0.3 is 15.0 Å². The van der Waals surface area contributed by atoms with Gasteiger partial charge in [0.05, 0.1) is 12.7 Å². The average Bonchev–Trinajstić information content (AvgIpc) is 2.64. The van der Waals surface area contributed by atoms with E-state index in [1.807, 2.05) is 36.0 Å². The number of hydrogen-bond donors (Lipinski definition) is 1. The quantitative estimate of drug-likeness (QED) is 0.755. The van der Waals surface area contributed by atoms with Gasteiger partial charge in [-0.1, -0.05) is 0 Å². The number of rotatable bonds is 2. The third-order valence-electron chi connectivity index (χ3n) is 2.29. The van der Waals surface area contributed by atoms with Crippen LogP contribution in [0, 0.1) is 0 Å². The topological polar surface area (TPSA) is 53.1 Å². The fourth-order valence-corrected chi connectivity index (χ4v) is 1.53. The maximum atomic E-state index is 5.75. The largest absolute Gasteiger partial charge is 0.496 e. The summed E-state index contributed by atoms with van der Waals surface area (Å²) < 4.78 is 7.20. The molecule has 2 aromatic rings. The minimum absolute atomic E-state index is 0.703. The van der Waals surface area contributed by atoms with E-state index in [1.54, 1.807) is 13.3 Å². The normalized spacial score (nSPS) is 10.3. The molecule has 1 heterocycles. The second kappa shape index (κ2) is 3.65. The Morgan fingerprint density at radius 3 is 2.80 bits per heavy atom. The van der Waals surface area contributed by atoms with Gasteiger partial charge >= 0.3 is 0 Å². The summed E-state index contributed by atoms with van der Waals surface area (Å²) in [6.07, 6.45) is 3.63. The number of aromatic nitrogens is 2. The average molecular weight is 203 g/mol. The molecular formula is C11H13N3O. The number of nitrogen functional groups attached to an aromatic ring is 1. The SMILES string of the molecule is COc1ccc(N)cc1-c1nccn1C. The van der Waals surface area contributed by atoms with E-state index in [1.165, 1.54) is 0 Å². The number of imidazole rings is 1. The molecule has 4 nitrogen and oxygen atoms in total. The molecule has 0 atom stereocenters. The summed E-state index contributed by atoms with van der Waals surface area (Å²) in [7, 11) is 3.57. The molecular weight excluding hydrogens is 190 g/mol. The van der Waals surface area contributed by atoms with Gasteiger partial charge in [-0.2, -0.15) is 0 Å². The molecule has 0 aliphatic carbocycles. The standard InChI is InChI=1S/C11H13N3O/c1-14-6-5-13-11(14)9-7-8(12)3-4-10(9)15-2/h3-7H,12H2,1-2H3. The molecule has 0 unspecified atom stereocenters. The Bertz CT molecular complexity index is 476. The fraction of sp³-hybridized carbons (Fsp3) is 0.182. The van der Waals surface area contributed by atoms with Gasteiger partial charge in [0.15, 0.2) is 0 Å². The third-order valence-corrected chi connectivity index (χ3v) is 2.29. The predicted octanol–water partition coefficient (Wildman–Crippen LogP) is 1.68. The van der Waals surface area contributed by atoms with Crippen LogP contribution in [0.1, 0.15) is 0 Å². The van der Waals surface area contributed by atoms with Crippen molar-refractivity contribution in [2.24, 2.45) is 7.05 Å². The molecule has 0 spiro atoms. The molecule has 2 rings (SSSR count). The monoisotopic (exact) mass is 203 g/mol. The summed E-state index contributed by atoms with van der Waals surface area (Å²) in [5.41, 5.74) is 7.36. The highest BCUT2D eigenvalue weighted by atomic mass is 16.5. The van der Waals surface area contributed by atoms with Gasteiger partial charge in [-0.05, 0) is 18.2 Å². The molecule has 0 aliphatic heterocycles. The lowest BCUT2D eigenvalue weighted by atomic mass is 10.1. The van der Waals surface area contributed by atoms with Gasteiger partial charge in [-0.3, -0.25) is 0 Å². The van der Waals surface area contributed by atoms with Crippen LogP contribution in [0.2, 0.25) is 0 Å². The molecule has 1 aromatic carbocycles. The van der Waals surface area contributed by atoms with Crippen LogP contribution in [-0.4, -0.2) is 16.7 Å². The van der Waals surface area contributed by atoms with Crippen molar-refractivity contribution in [2.45, 2.75) is 0 Å². The van der Waals surface area contributed by atoms with E-state index < -0.39 is 0 Å². The van der Waals surface area contributed by atoms with Crippen LogP contribution in [0.25, 0.3) is 11.4 Å². The zero-order valence-corrected chi connectivity index (χ0v) is 8.77. The van der Waals surface area contributed by atoms with E-state index in [0.717, 1.165) is 17.1 Å². The van der Waals surface area contributed by atoms with Gasteiger partial charge in [-0.25, -0.2) is 4.98 Å². The Hall–Kier alpha value is -1.97. The van der Waals surface area contributed by atoms with Crippen molar-refractivity contribution < 1.29 is 4.74 Å². The van der Waals surface area contributed by atoms with Crippen molar-refractivity contribution in [1.29, 1.82) is 0 Å². The Labute approximate surface area is 88.3 Å². The maximum Gasteiger partial charge on any atom is 0.143 e. The Balaban J connectivity index is 2.60. The molecule has 4 heteroatoms. The van der Waals surface area contributed by atoms with Crippen LogP contribution in [0.4, 0.5) is 5.69 Å². The van der Waals surface area contributed by atoms with Crippen molar-refractivity contribution in [1.82, 2.24) is 9.55 Å². The zero-order chi connectivity index (χ0) is 10.8. The van der Waals surface area contributed by atoms with E-state index in [0.29, 0.717) is 5.69 Å². The first kappa shape index (κ1) is 9.58. The molecule has 0 saturated carbocycles. The lowest BCUT2D eigenvalue weighted by Crippen LogP contribution is -1.96. The van der Waals surface area contributed by atoms with Crippen molar-refractivity contribution in [2.75, 3.05) is 12.8 Å². The number of methoxy groups -OCH3 is 1. The van der Waals surface area contributed by atoms with Crippen molar-refractivity contribution in [3.8, 4) is 17.1 Å². The highest BCUT2D eigenvalue weighted by Gasteiger charge is 2.09. The minimum atomic E-state index is 0.703. The number of benzene rings is 1. The highest BCUT2D eigenvalue weighted by Crippen LogP contribution is 2.29. The number of hydrogen-bond acceptors (Lipinski definition) is 3. The molecule has 0 radical (unpaired) electrons. The van der Waals surface area contributed by atoms with E-state index >= 15 is 0 Å². The second-order valence-corrected chi connectivity index (χ2v) is 3.32. The first-order valence-corrected chi connectivity index (χ1v) is 4.63. The Kier molecular flexibility index (Phi) is 2.33. The first-order valence-electron chi connectivity index (χ1n) is 4.63. The molecule has 15 heavy (non-hydrogen) atoms. The van der Waals surface area contributed by atoms with Crippen LogP contribution in [0.3, 0.4) is 0 Å². The first-order chi connectivity index (χ1) is 7.22. The van der Waals surface area contributed by atoms with E-state index in [9.17, 15) is 0 Å². The lowest BCUT2D eigenvalue weighted by molar-refractivity contribution is 0.416. The zero-order valence-electron chi connectivity index (χ0n) is 8.77. The van der Waals surface area contributed by atoms with E-state index in [-0.39, 0.29) is 0 Å². The molecule has 0 bridgehead atoms. The number of nitrogens with two attached hydrogens (primary N) is 1.